The van der Waals surface area contributed by atoms with Gasteiger partial charge in [-0.2, -0.15) is 0 Å². The lowest BCUT2D eigenvalue weighted by atomic mass is 9.85. The van der Waals surface area contributed by atoms with Crippen LogP contribution >= 0.6 is 0 Å². The summed E-state index contributed by atoms with van der Waals surface area (Å²) in [5.74, 6) is 0.836. The normalized spacial score (nSPS) is 40.1. The second-order valence-corrected chi connectivity index (χ2v) is 3.92. The fraction of sp³-hybridized carbons (Fsp3) is 1.00. The average Bonchev–Trinajstić information content (AvgIpc) is 2.04. The number of hydrogen-bond acceptors (Lipinski definition) is 2. The third-order valence-corrected chi connectivity index (χ3v) is 2.89. The molecular formula is C9H17NO. The standard InChI is InChI=1S/C9H17NO/c1-10-6-8-4-2-3-5-9(8)11-7-10/h8-9H,2-7H2,1H3/t8-,9-/m1/s1. The second kappa shape index (κ2) is 3.11. The molecule has 2 fully saturated rings. The van der Waals surface area contributed by atoms with Crippen LogP contribution in [0.4, 0.5) is 0 Å². The molecule has 2 nitrogen and oxygen atoms in total. The molecule has 1 saturated heterocycles. The van der Waals surface area contributed by atoms with Gasteiger partial charge in [-0.15, -0.1) is 0 Å². The maximum atomic E-state index is 5.72. The molecule has 1 aliphatic carbocycles. The lowest BCUT2D eigenvalue weighted by molar-refractivity contribution is -0.108. The summed E-state index contributed by atoms with van der Waals surface area (Å²) in [6, 6.07) is 0. The maximum absolute atomic E-state index is 5.72. The molecule has 0 bridgehead atoms. The first-order valence-electron chi connectivity index (χ1n) is 4.66. The van der Waals surface area contributed by atoms with E-state index in [9.17, 15) is 0 Å². The van der Waals surface area contributed by atoms with Crippen molar-refractivity contribution in [3.05, 3.63) is 0 Å². The Bertz CT molecular complexity index is 138. The van der Waals surface area contributed by atoms with Crippen molar-refractivity contribution in [2.24, 2.45) is 5.92 Å². The molecule has 11 heavy (non-hydrogen) atoms. The van der Waals surface area contributed by atoms with Gasteiger partial charge in [0.05, 0.1) is 12.8 Å². The minimum atomic E-state index is 0.597. The van der Waals surface area contributed by atoms with Crippen LogP contribution in [0.25, 0.3) is 0 Å². The molecule has 0 unspecified atom stereocenters. The van der Waals surface area contributed by atoms with E-state index >= 15 is 0 Å². The Balaban J connectivity index is 1.93. The topological polar surface area (TPSA) is 12.5 Å². The Morgan fingerprint density at radius 2 is 2.09 bits per heavy atom. The van der Waals surface area contributed by atoms with Crippen molar-refractivity contribution in [1.82, 2.24) is 4.90 Å². The van der Waals surface area contributed by atoms with Gasteiger partial charge in [-0.05, 0) is 25.8 Å². The van der Waals surface area contributed by atoms with E-state index in [-0.39, 0.29) is 0 Å². The van der Waals surface area contributed by atoms with Gasteiger partial charge in [-0.3, -0.25) is 4.90 Å². The number of ether oxygens (including phenoxy) is 1. The highest BCUT2D eigenvalue weighted by atomic mass is 16.5. The Labute approximate surface area is 68.5 Å². The van der Waals surface area contributed by atoms with E-state index in [1.807, 2.05) is 0 Å². The third-order valence-electron chi connectivity index (χ3n) is 2.89. The summed E-state index contributed by atoms with van der Waals surface area (Å²) in [5.41, 5.74) is 0. The molecule has 0 N–H and O–H groups in total. The van der Waals surface area contributed by atoms with E-state index < -0.39 is 0 Å². The Morgan fingerprint density at radius 1 is 1.27 bits per heavy atom. The zero-order valence-electron chi connectivity index (χ0n) is 7.25. The molecule has 0 aromatic carbocycles. The van der Waals surface area contributed by atoms with Crippen molar-refractivity contribution in [3.63, 3.8) is 0 Å². The van der Waals surface area contributed by atoms with Gasteiger partial charge in [0.15, 0.2) is 0 Å². The lowest BCUT2D eigenvalue weighted by Crippen LogP contribution is -2.44. The quantitative estimate of drug-likeness (QED) is 0.525. The van der Waals surface area contributed by atoms with Gasteiger partial charge in [-0.1, -0.05) is 12.8 Å². The van der Waals surface area contributed by atoms with Crippen LogP contribution in [0.3, 0.4) is 0 Å². The van der Waals surface area contributed by atoms with Gasteiger partial charge < -0.3 is 4.74 Å². The number of rotatable bonds is 0. The number of nitrogens with zero attached hydrogens (tertiary/aromatic N) is 1. The summed E-state index contributed by atoms with van der Waals surface area (Å²) >= 11 is 0. The molecule has 1 saturated carbocycles. The van der Waals surface area contributed by atoms with Crippen molar-refractivity contribution < 1.29 is 4.74 Å². The van der Waals surface area contributed by atoms with Gasteiger partial charge in [0, 0.05) is 6.54 Å². The minimum Gasteiger partial charge on any atom is -0.363 e. The molecule has 0 amide bonds. The number of hydrogen-bond donors (Lipinski definition) is 0. The molecule has 2 heteroatoms. The molecule has 0 spiro atoms. The molecule has 64 valence electrons. The molecule has 0 aromatic heterocycles. The van der Waals surface area contributed by atoms with E-state index in [2.05, 4.69) is 11.9 Å². The van der Waals surface area contributed by atoms with Crippen LogP contribution in [-0.4, -0.2) is 31.3 Å². The van der Waals surface area contributed by atoms with Crippen LogP contribution in [0.15, 0.2) is 0 Å². The molecule has 2 aliphatic rings. The number of fused-ring (bicyclic) bond motifs is 1. The van der Waals surface area contributed by atoms with Crippen LogP contribution in [0, 0.1) is 5.92 Å². The van der Waals surface area contributed by atoms with Crippen LogP contribution in [0.5, 0.6) is 0 Å². The van der Waals surface area contributed by atoms with Crippen molar-refractivity contribution in [2.45, 2.75) is 31.8 Å². The molecule has 1 aliphatic heterocycles. The van der Waals surface area contributed by atoms with Crippen molar-refractivity contribution in [2.75, 3.05) is 20.3 Å². The summed E-state index contributed by atoms with van der Waals surface area (Å²) in [5, 5.41) is 0. The maximum Gasteiger partial charge on any atom is 0.0991 e. The van der Waals surface area contributed by atoms with E-state index in [1.54, 1.807) is 0 Å². The monoisotopic (exact) mass is 155 g/mol. The highest BCUT2D eigenvalue weighted by molar-refractivity contribution is 4.80. The average molecular weight is 155 g/mol. The smallest absolute Gasteiger partial charge is 0.0991 e. The third kappa shape index (κ3) is 1.57. The van der Waals surface area contributed by atoms with Gasteiger partial charge in [0.2, 0.25) is 0 Å². The van der Waals surface area contributed by atoms with Crippen LogP contribution in [-0.2, 0) is 4.74 Å². The second-order valence-electron chi connectivity index (χ2n) is 3.92. The zero-order valence-corrected chi connectivity index (χ0v) is 7.25. The SMILES string of the molecule is CN1CO[C@@H]2CCCC[C@@H]2C1. The first-order valence-corrected chi connectivity index (χ1v) is 4.66. The molecule has 0 aromatic rings. The largest absolute Gasteiger partial charge is 0.363 e. The van der Waals surface area contributed by atoms with Crippen LogP contribution in [0.2, 0.25) is 0 Å². The fourth-order valence-corrected chi connectivity index (χ4v) is 2.28. The van der Waals surface area contributed by atoms with Gasteiger partial charge >= 0.3 is 0 Å². The highest BCUT2D eigenvalue weighted by Gasteiger charge is 2.30. The first kappa shape index (κ1) is 7.56. The summed E-state index contributed by atoms with van der Waals surface area (Å²) in [6.07, 6.45) is 6.08. The Hall–Kier alpha value is -0.0800. The minimum absolute atomic E-state index is 0.597. The van der Waals surface area contributed by atoms with E-state index in [0.717, 1.165) is 12.6 Å². The summed E-state index contributed by atoms with van der Waals surface area (Å²) < 4.78 is 5.72. The van der Waals surface area contributed by atoms with E-state index in [1.165, 1.54) is 32.2 Å². The van der Waals surface area contributed by atoms with Gasteiger partial charge in [-0.25, -0.2) is 0 Å². The van der Waals surface area contributed by atoms with Crippen molar-refractivity contribution in [1.29, 1.82) is 0 Å². The van der Waals surface area contributed by atoms with Gasteiger partial charge in [0.25, 0.3) is 0 Å². The van der Waals surface area contributed by atoms with Crippen molar-refractivity contribution >= 4 is 0 Å². The Morgan fingerprint density at radius 3 is 3.00 bits per heavy atom. The summed E-state index contributed by atoms with van der Waals surface area (Å²) in [4.78, 5) is 2.28. The van der Waals surface area contributed by atoms with Crippen molar-refractivity contribution in [3.8, 4) is 0 Å². The summed E-state index contributed by atoms with van der Waals surface area (Å²) in [6.45, 7) is 2.10. The van der Waals surface area contributed by atoms with Crippen LogP contribution < -0.4 is 0 Å². The molecule has 2 atom stereocenters. The fourth-order valence-electron chi connectivity index (χ4n) is 2.28. The molecular weight excluding hydrogens is 138 g/mol. The van der Waals surface area contributed by atoms with Gasteiger partial charge in [0.1, 0.15) is 0 Å². The zero-order chi connectivity index (χ0) is 7.68. The summed E-state index contributed by atoms with van der Waals surface area (Å²) in [7, 11) is 2.14. The molecule has 1 heterocycles. The van der Waals surface area contributed by atoms with E-state index in [0.29, 0.717) is 6.10 Å². The predicted octanol–water partition coefficient (Wildman–Crippen LogP) is 1.46. The van der Waals surface area contributed by atoms with Crippen LogP contribution in [0.1, 0.15) is 25.7 Å². The van der Waals surface area contributed by atoms with E-state index in [4.69, 9.17) is 4.74 Å². The highest BCUT2D eigenvalue weighted by Crippen LogP contribution is 2.29. The first-order chi connectivity index (χ1) is 5.36. The lowest BCUT2D eigenvalue weighted by Gasteiger charge is -2.39. The molecule has 2 rings (SSSR count). The predicted molar refractivity (Wildman–Crippen MR) is 44.3 cm³/mol. The Kier molecular flexibility index (Phi) is 2.14. The molecule has 0 radical (unpaired) electrons.